The van der Waals surface area contributed by atoms with Crippen LogP contribution in [0.4, 0.5) is 4.39 Å². The Hall–Kier alpha value is -2.75. The molecule has 2 atom stereocenters. The third-order valence-corrected chi connectivity index (χ3v) is 5.11. The van der Waals surface area contributed by atoms with E-state index in [0.29, 0.717) is 5.56 Å². The lowest BCUT2D eigenvalue weighted by Gasteiger charge is -2.23. The lowest BCUT2D eigenvalue weighted by Crippen LogP contribution is -2.27. The average molecular weight is 334 g/mol. The van der Waals surface area contributed by atoms with Gasteiger partial charge in [-0.25, -0.2) is 9.07 Å². The van der Waals surface area contributed by atoms with Crippen LogP contribution in [0.5, 0.6) is 0 Å². The number of carbonyl (C=O) groups is 1. The van der Waals surface area contributed by atoms with Gasteiger partial charge in [0.2, 0.25) is 0 Å². The van der Waals surface area contributed by atoms with Crippen molar-refractivity contribution in [3.8, 4) is 16.9 Å². The second-order valence-electron chi connectivity index (χ2n) is 6.76. The molecule has 1 aromatic heterocycles. The summed E-state index contributed by atoms with van der Waals surface area (Å²) in [6.07, 6.45) is 0.774. The van der Waals surface area contributed by atoms with Crippen LogP contribution in [-0.2, 0) is 6.42 Å². The predicted molar refractivity (Wildman–Crippen MR) is 95.3 cm³/mol. The summed E-state index contributed by atoms with van der Waals surface area (Å²) in [5, 5.41) is 4.76. The van der Waals surface area contributed by atoms with E-state index < -0.39 is 0 Å². The highest BCUT2D eigenvalue weighted by atomic mass is 19.1. The Labute approximate surface area is 146 Å². The van der Waals surface area contributed by atoms with Crippen LogP contribution in [-0.4, -0.2) is 15.6 Å². The van der Waals surface area contributed by atoms with E-state index in [1.165, 1.54) is 12.1 Å². The van der Waals surface area contributed by atoms with Crippen molar-refractivity contribution in [3.05, 3.63) is 71.7 Å². The number of nitrogens with zero attached hydrogens (tertiary/aromatic N) is 2. The van der Waals surface area contributed by atoms with Crippen LogP contribution in [0.1, 0.15) is 29.9 Å². The zero-order chi connectivity index (χ0) is 17.6. The van der Waals surface area contributed by atoms with Crippen LogP contribution in [0.2, 0.25) is 0 Å². The molecule has 0 saturated heterocycles. The maximum absolute atomic E-state index is 13.4. The van der Waals surface area contributed by atoms with E-state index in [1.54, 1.807) is 12.1 Å². The molecule has 0 saturated carbocycles. The largest absolute Gasteiger partial charge is 0.294 e. The van der Waals surface area contributed by atoms with E-state index >= 15 is 0 Å². The minimum Gasteiger partial charge on any atom is -0.294 e. The lowest BCUT2D eigenvalue weighted by atomic mass is 9.78. The molecule has 0 fully saturated rings. The number of para-hydroxylation sites is 1. The number of carbonyl (C=O) groups excluding carboxylic acids is 1. The van der Waals surface area contributed by atoms with Crippen LogP contribution in [0.3, 0.4) is 0 Å². The van der Waals surface area contributed by atoms with Crippen molar-refractivity contribution in [2.75, 3.05) is 0 Å². The predicted octanol–water partition coefficient (Wildman–Crippen LogP) is 4.69. The van der Waals surface area contributed by atoms with Gasteiger partial charge in [0.1, 0.15) is 5.82 Å². The summed E-state index contributed by atoms with van der Waals surface area (Å²) in [6.45, 7) is 4.06. The van der Waals surface area contributed by atoms with Crippen LogP contribution >= 0.6 is 0 Å². The minimum absolute atomic E-state index is 0.0416. The van der Waals surface area contributed by atoms with Crippen LogP contribution in [0.15, 0.2) is 54.6 Å². The molecular weight excluding hydrogens is 315 g/mol. The first-order valence-corrected chi connectivity index (χ1v) is 8.53. The number of fused-ring (bicyclic) bond motifs is 1. The number of benzene rings is 2. The fourth-order valence-corrected chi connectivity index (χ4v) is 3.46. The Kier molecular flexibility index (Phi) is 3.75. The average Bonchev–Trinajstić information content (AvgIpc) is 3.00. The van der Waals surface area contributed by atoms with Crippen molar-refractivity contribution >= 4 is 5.78 Å². The molecule has 0 bridgehead atoms. The number of hydrogen-bond acceptors (Lipinski definition) is 2. The summed E-state index contributed by atoms with van der Waals surface area (Å²) in [6, 6.07) is 16.0. The summed E-state index contributed by atoms with van der Waals surface area (Å²) in [5.41, 5.74) is 3.96. The van der Waals surface area contributed by atoms with Gasteiger partial charge in [-0.2, -0.15) is 5.10 Å². The van der Waals surface area contributed by atoms with Gasteiger partial charge in [-0.1, -0.05) is 32.0 Å². The fourth-order valence-electron chi connectivity index (χ4n) is 3.46. The van der Waals surface area contributed by atoms with Crippen molar-refractivity contribution in [2.45, 2.75) is 20.3 Å². The Morgan fingerprint density at radius 1 is 1.04 bits per heavy atom. The molecule has 0 spiro atoms. The molecule has 0 radical (unpaired) electrons. The molecular formula is C21H19FN2O. The summed E-state index contributed by atoms with van der Waals surface area (Å²) in [5.74, 6) is 0.0484. The molecule has 2 aromatic carbocycles. The van der Waals surface area contributed by atoms with Crippen LogP contribution in [0, 0.1) is 17.7 Å². The normalized spacial score (nSPS) is 19.7. The summed E-state index contributed by atoms with van der Waals surface area (Å²) in [7, 11) is 0. The fraction of sp³-hybridized carbons (Fsp3) is 0.238. The van der Waals surface area contributed by atoms with Gasteiger partial charge in [-0.3, -0.25) is 4.79 Å². The molecule has 4 rings (SSSR count). The van der Waals surface area contributed by atoms with Crippen LogP contribution < -0.4 is 0 Å². The van der Waals surface area contributed by atoms with Gasteiger partial charge in [-0.05, 0) is 48.7 Å². The number of ketones is 1. The number of Topliss-reactive ketones (excluding diaryl/α,β-unsaturated/α-hetero) is 1. The highest BCUT2D eigenvalue weighted by Gasteiger charge is 2.36. The van der Waals surface area contributed by atoms with Crippen molar-refractivity contribution < 1.29 is 9.18 Å². The highest BCUT2D eigenvalue weighted by molar-refractivity contribution is 6.05. The third-order valence-electron chi connectivity index (χ3n) is 5.11. The zero-order valence-corrected chi connectivity index (χ0v) is 14.2. The van der Waals surface area contributed by atoms with E-state index in [4.69, 9.17) is 5.10 Å². The SMILES string of the molecule is CC1Cc2nn(-c3ccccc3)c(-c3ccc(F)cc3)c2C(=O)C1C. The molecule has 3 nitrogen and oxygen atoms in total. The Balaban J connectivity index is 2.00. The van der Waals surface area contributed by atoms with Gasteiger partial charge in [0.15, 0.2) is 5.78 Å². The van der Waals surface area contributed by atoms with E-state index in [0.717, 1.165) is 29.1 Å². The molecule has 1 aliphatic carbocycles. The Bertz CT molecular complexity index is 929. The smallest absolute Gasteiger partial charge is 0.170 e. The van der Waals surface area contributed by atoms with Gasteiger partial charge < -0.3 is 0 Å². The molecule has 0 aliphatic heterocycles. The summed E-state index contributed by atoms with van der Waals surface area (Å²) < 4.78 is 15.2. The lowest BCUT2D eigenvalue weighted by molar-refractivity contribution is 0.0877. The first kappa shape index (κ1) is 15.8. The third kappa shape index (κ3) is 2.58. The highest BCUT2D eigenvalue weighted by Crippen LogP contribution is 2.37. The first-order chi connectivity index (χ1) is 12.1. The number of rotatable bonds is 2. The topological polar surface area (TPSA) is 34.9 Å². The van der Waals surface area contributed by atoms with E-state index in [-0.39, 0.29) is 23.4 Å². The maximum Gasteiger partial charge on any atom is 0.170 e. The minimum atomic E-state index is -0.295. The van der Waals surface area contributed by atoms with E-state index in [2.05, 4.69) is 6.92 Å². The molecule has 0 N–H and O–H groups in total. The molecule has 3 aromatic rings. The van der Waals surface area contributed by atoms with E-state index in [9.17, 15) is 9.18 Å². The first-order valence-electron chi connectivity index (χ1n) is 8.53. The summed E-state index contributed by atoms with van der Waals surface area (Å²) >= 11 is 0. The summed E-state index contributed by atoms with van der Waals surface area (Å²) in [4.78, 5) is 13.0. The Morgan fingerprint density at radius 2 is 1.72 bits per heavy atom. The number of halogens is 1. The maximum atomic E-state index is 13.4. The number of hydrogen-bond donors (Lipinski definition) is 0. The molecule has 126 valence electrons. The van der Waals surface area contributed by atoms with Crippen molar-refractivity contribution in [2.24, 2.45) is 11.8 Å². The zero-order valence-electron chi connectivity index (χ0n) is 14.2. The molecule has 1 aliphatic rings. The van der Waals surface area contributed by atoms with Crippen molar-refractivity contribution in [1.82, 2.24) is 9.78 Å². The molecule has 1 heterocycles. The standard InChI is InChI=1S/C21H19FN2O/c1-13-12-18-19(21(25)14(13)2)20(15-8-10-16(22)11-9-15)24(23-18)17-6-4-3-5-7-17/h3-11,13-14H,12H2,1-2H3. The van der Waals surface area contributed by atoms with Crippen molar-refractivity contribution in [3.63, 3.8) is 0 Å². The van der Waals surface area contributed by atoms with Gasteiger partial charge in [0.05, 0.1) is 22.6 Å². The van der Waals surface area contributed by atoms with Gasteiger partial charge in [0, 0.05) is 11.5 Å². The van der Waals surface area contributed by atoms with Crippen LogP contribution in [0.25, 0.3) is 16.9 Å². The number of aromatic nitrogens is 2. The molecule has 25 heavy (non-hydrogen) atoms. The van der Waals surface area contributed by atoms with Crippen molar-refractivity contribution in [1.29, 1.82) is 0 Å². The quantitative estimate of drug-likeness (QED) is 0.681. The van der Waals surface area contributed by atoms with E-state index in [1.807, 2.05) is 41.9 Å². The second-order valence-corrected chi connectivity index (χ2v) is 6.76. The molecule has 2 unspecified atom stereocenters. The van der Waals surface area contributed by atoms with Gasteiger partial charge >= 0.3 is 0 Å². The molecule has 4 heteroatoms. The van der Waals surface area contributed by atoms with Gasteiger partial charge in [0.25, 0.3) is 0 Å². The molecule has 0 amide bonds. The Morgan fingerprint density at radius 3 is 2.40 bits per heavy atom. The monoisotopic (exact) mass is 334 g/mol. The second kappa shape index (κ2) is 5.96. The van der Waals surface area contributed by atoms with Gasteiger partial charge in [-0.15, -0.1) is 0 Å².